The highest BCUT2D eigenvalue weighted by atomic mass is 16.5. The summed E-state index contributed by atoms with van der Waals surface area (Å²) in [5.74, 6) is -1.82. The van der Waals surface area contributed by atoms with Gasteiger partial charge in [0.15, 0.2) is 0 Å². The Bertz CT molecular complexity index is 983. The zero-order valence-corrected chi connectivity index (χ0v) is 18.2. The van der Waals surface area contributed by atoms with Crippen molar-refractivity contribution < 1.29 is 24.2 Å². The van der Waals surface area contributed by atoms with Gasteiger partial charge < -0.3 is 20.5 Å². The number of hydrogen-bond donors (Lipinski definition) is 3. The van der Waals surface area contributed by atoms with Gasteiger partial charge in [-0.25, -0.2) is 9.59 Å². The lowest BCUT2D eigenvalue weighted by Crippen LogP contribution is -2.53. The van der Waals surface area contributed by atoms with E-state index in [4.69, 9.17) is 4.74 Å². The molecule has 2 aliphatic carbocycles. The van der Waals surface area contributed by atoms with Crippen molar-refractivity contribution in [1.29, 1.82) is 0 Å². The Morgan fingerprint density at radius 3 is 2.09 bits per heavy atom. The minimum Gasteiger partial charge on any atom is -0.480 e. The molecule has 2 aromatic rings. The molecule has 1 saturated carbocycles. The third-order valence-corrected chi connectivity index (χ3v) is 6.40. The number of carboxylic acid groups (broad SMARTS) is 1. The summed E-state index contributed by atoms with van der Waals surface area (Å²) in [6.45, 7) is 3.74. The molecule has 2 aliphatic rings. The van der Waals surface area contributed by atoms with Gasteiger partial charge in [0.25, 0.3) is 0 Å². The van der Waals surface area contributed by atoms with E-state index < -0.39 is 18.1 Å². The molecule has 4 rings (SSSR count). The lowest BCUT2D eigenvalue weighted by molar-refractivity contribution is -0.144. The number of alkyl carbamates (subject to hydrolysis) is 1. The molecule has 7 heteroatoms. The number of ether oxygens (including phenoxy) is 1. The van der Waals surface area contributed by atoms with Crippen LogP contribution in [0.4, 0.5) is 4.79 Å². The van der Waals surface area contributed by atoms with Crippen LogP contribution in [0.5, 0.6) is 0 Å². The molecule has 1 atom stereocenters. The largest absolute Gasteiger partial charge is 0.480 e. The van der Waals surface area contributed by atoms with Crippen LogP contribution in [-0.4, -0.2) is 41.8 Å². The van der Waals surface area contributed by atoms with Gasteiger partial charge in [0.05, 0.1) is 0 Å². The fourth-order valence-electron chi connectivity index (χ4n) is 4.54. The van der Waals surface area contributed by atoms with E-state index >= 15 is 0 Å². The molecule has 1 unspecified atom stereocenters. The average Bonchev–Trinajstić information content (AvgIpc) is 3.06. The maximum absolute atomic E-state index is 12.3. The number of aliphatic carboxylic acids is 1. The van der Waals surface area contributed by atoms with E-state index in [0.717, 1.165) is 11.1 Å². The first-order valence-corrected chi connectivity index (χ1v) is 11.0. The van der Waals surface area contributed by atoms with Crippen molar-refractivity contribution in [3.63, 3.8) is 0 Å². The van der Waals surface area contributed by atoms with Gasteiger partial charge >= 0.3 is 12.1 Å². The van der Waals surface area contributed by atoms with Crippen molar-refractivity contribution in [2.75, 3.05) is 6.61 Å². The minimum atomic E-state index is -1.04. The van der Waals surface area contributed by atoms with Crippen molar-refractivity contribution in [3.8, 4) is 11.1 Å². The van der Waals surface area contributed by atoms with Crippen LogP contribution in [0.1, 0.15) is 43.7 Å². The summed E-state index contributed by atoms with van der Waals surface area (Å²) in [5.41, 5.74) is 4.65. The Hall–Kier alpha value is -3.35. The van der Waals surface area contributed by atoms with E-state index in [1.807, 2.05) is 24.3 Å². The van der Waals surface area contributed by atoms with Crippen LogP contribution in [0.2, 0.25) is 0 Å². The second-order valence-corrected chi connectivity index (χ2v) is 8.90. The number of amides is 2. The van der Waals surface area contributed by atoms with E-state index in [2.05, 4.69) is 34.9 Å². The summed E-state index contributed by atoms with van der Waals surface area (Å²) in [5, 5.41) is 14.6. The van der Waals surface area contributed by atoms with E-state index in [-0.39, 0.29) is 36.3 Å². The summed E-state index contributed by atoms with van der Waals surface area (Å²) >= 11 is 0. The third-order valence-electron chi connectivity index (χ3n) is 6.40. The Labute approximate surface area is 187 Å². The molecular formula is C25H28N2O5. The Kier molecular flexibility index (Phi) is 6.17. The summed E-state index contributed by atoms with van der Waals surface area (Å²) in [4.78, 5) is 35.9. The first-order valence-electron chi connectivity index (χ1n) is 11.0. The fourth-order valence-corrected chi connectivity index (χ4v) is 4.54. The van der Waals surface area contributed by atoms with E-state index in [9.17, 15) is 19.5 Å². The van der Waals surface area contributed by atoms with Crippen molar-refractivity contribution in [1.82, 2.24) is 10.6 Å². The molecule has 3 N–H and O–H groups in total. The topological polar surface area (TPSA) is 105 Å². The zero-order valence-electron chi connectivity index (χ0n) is 18.2. The predicted molar refractivity (Wildman–Crippen MR) is 119 cm³/mol. The van der Waals surface area contributed by atoms with Crippen LogP contribution >= 0.6 is 0 Å². The molecule has 0 spiro atoms. The summed E-state index contributed by atoms with van der Waals surface area (Å²) in [6, 6.07) is 15.3. The van der Waals surface area contributed by atoms with Crippen LogP contribution in [0.25, 0.3) is 11.1 Å². The van der Waals surface area contributed by atoms with E-state index in [1.165, 1.54) is 11.1 Å². The fraction of sp³-hybridized carbons (Fsp3) is 0.400. The Morgan fingerprint density at radius 1 is 1.00 bits per heavy atom. The van der Waals surface area contributed by atoms with Gasteiger partial charge in [-0.3, -0.25) is 4.79 Å². The molecule has 2 amide bonds. The smallest absolute Gasteiger partial charge is 0.407 e. The molecule has 0 saturated heterocycles. The Morgan fingerprint density at radius 2 is 1.56 bits per heavy atom. The molecule has 2 aromatic carbocycles. The standard InChI is InChI=1S/C25H28N2O5/c1-14(2)22(24(29)30)27-23(28)15-11-16(12-15)26-25(31)32-13-21-19-9-5-3-7-17(19)18-8-4-6-10-20(18)21/h3-10,14-16,21-22H,11-13H2,1-2H3,(H,26,31)(H,27,28)(H,29,30). The zero-order chi connectivity index (χ0) is 22.8. The number of nitrogens with one attached hydrogen (secondary N) is 2. The van der Waals surface area contributed by atoms with Gasteiger partial charge in [0.1, 0.15) is 12.6 Å². The molecule has 1 fully saturated rings. The first kappa shape index (κ1) is 21.9. The van der Waals surface area contributed by atoms with Crippen LogP contribution in [0.15, 0.2) is 48.5 Å². The number of fused-ring (bicyclic) bond motifs is 3. The number of carboxylic acids is 1. The van der Waals surface area contributed by atoms with E-state index in [0.29, 0.717) is 12.8 Å². The van der Waals surface area contributed by atoms with Crippen LogP contribution in [0.3, 0.4) is 0 Å². The molecule has 0 heterocycles. The lowest BCUT2D eigenvalue weighted by Gasteiger charge is -2.35. The van der Waals surface area contributed by atoms with Gasteiger partial charge in [-0.05, 0) is 41.0 Å². The Balaban J connectivity index is 1.27. The van der Waals surface area contributed by atoms with Crippen LogP contribution in [-0.2, 0) is 14.3 Å². The van der Waals surface area contributed by atoms with Crippen molar-refractivity contribution in [2.24, 2.45) is 11.8 Å². The van der Waals surface area contributed by atoms with Gasteiger partial charge in [-0.15, -0.1) is 0 Å². The number of carbonyl (C=O) groups is 3. The van der Waals surface area contributed by atoms with Crippen LogP contribution < -0.4 is 10.6 Å². The molecule has 32 heavy (non-hydrogen) atoms. The molecule has 0 bridgehead atoms. The van der Waals surface area contributed by atoms with Crippen LogP contribution in [0, 0.1) is 11.8 Å². The summed E-state index contributed by atoms with van der Waals surface area (Å²) in [7, 11) is 0. The average molecular weight is 437 g/mol. The van der Waals surface area contributed by atoms with Crippen molar-refractivity contribution in [3.05, 3.63) is 59.7 Å². The molecule has 0 aromatic heterocycles. The summed E-state index contributed by atoms with van der Waals surface area (Å²) in [6.07, 6.45) is 0.447. The quantitative estimate of drug-likeness (QED) is 0.616. The number of hydrogen-bond acceptors (Lipinski definition) is 4. The third kappa shape index (κ3) is 4.33. The van der Waals surface area contributed by atoms with Gasteiger partial charge in [0.2, 0.25) is 5.91 Å². The van der Waals surface area contributed by atoms with Gasteiger partial charge in [-0.1, -0.05) is 62.4 Å². The first-order chi connectivity index (χ1) is 15.3. The second kappa shape index (κ2) is 9.02. The minimum absolute atomic E-state index is 0.00273. The predicted octanol–water partition coefficient (Wildman–Crippen LogP) is 3.53. The molecular weight excluding hydrogens is 408 g/mol. The second-order valence-electron chi connectivity index (χ2n) is 8.90. The van der Waals surface area contributed by atoms with Gasteiger partial charge in [-0.2, -0.15) is 0 Å². The highest BCUT2D eigenvalue weighted by Crippen LogP contribution is 2.44. The lowest BCUT2D eigenvalue weighted by atomic mass is 9.79. The molecule has 0 radical (unpaired) electrons. The maximum atomic E-state index is 12.3. The molecule has 168 valence electrons. The monoisotopic (exact) mass is 436 g/mol. The highest BCUT2D eigenvalue weighted by molar-refractivity contribution is 5.86. The normalized spacial score (nSPS) is 20.0. The SMILES string of the molecule is CC(C)C(NC(=O)C1CC(NC(=O)OCC2c3ccccc3-c3ccccc32)C1)C(=O)O. The highest BCUT2D eigenvalue weighted by Gasteiger charge is 2.38. The van der Waals surface area contributed by atoms with Gasteiger partial charge in [0, 0.05) is 17.9 Å². The summed E-state index contributed by atoms with van der Waals surface area (Å²) < 4.78 is 5.54. The van der Waals surface area contributed by atoms with Crippen molar-refractivity contribution in [2.45, 2.75) is 44.7 Å². The number of rotatable bonds is 7. The number of benzene rings is 2. The number of carbonyl (C=O) groups excluding carboxylic acids is 2. The van der Waals surface area contributed by atoms with E-state index in [1.54, 1.807) is 13.8 Å². The maximum Gasteiger partial charge on any atom is 0.407 e. The molecule has 7 nitrogen and oxygen atoms in total. The van der Waals surface area contributed by atoms with Crippen molar-refractivity contribution >= 4 is 18.0 Å². The molecule has 0 aliphatic heterocycles.